The minimum atomic E-state index is -6.12. The molecule has 1 aromatic carbocycles. The SMILES string of the molecule is Cc1cc(OC(=O)OC23CC4CC(C2)CC(C(=O)OCCC(F)(F)CC(F)(F)C(F)(F)F)(C4)C3)cc(C)c1N. The zero-order chi connectivity index (χ0) is 29.0. The Morgan fingerprint density at radius 2 is 1.54 bits per heavy atom. The number of halogens is 7. The van der Waals surface area contributed by atoms with Crippen LogP contribution in [0.3, 0.4) is 0 Å². The zero-order valence-corrected chi connectivity index (χ0v) is 21.4. The van der Waals surface area contributed by atoms with Gasteiger partial charge >= 0.3 is 24.2 Å². The van der Waals surface area contributed by atoms with Gasteiger partial charge in [0.2, 0.25) is 0 Å². The molecule has 0 radical (unpaired) electrons. The smallest absolute Gasteiger partial charge is 0.465 e. The normalized spacial score (nSPS) is 28.3. The Bertz CT molecular complexity index is 1100. The number of aryl methyl sites for hydroxylation is 2. The van der Waals surface area contributed by atoms with E-state index in [1.807, 2.05) is 0 Å². The van der Waals surface area contributed by atoms with Gasteiger partial charge in [-0.2, -0.15) is 22.0 Å². The highest BCUT2D eigenvalue weighted by molar-refractivity contribution is 5.78. The summed E-state index contributed by atoms with van der Waals surface area (Å²) in [4.78, 5) is 25.8. The monoisotopic (exact) mass is 569 g/mol. The fourth-order valence-electron chi connectivity index (χ4n) is 6.78. The lowest BCUT2D eigenvalue weighted by atomic mass is 9.48. The van der Waals surface area contributed by atoms with Gasteiger partial charge in [-0.25, -0.2) is 13.6 Å². The molecule has 13 heteroatoms. The first kappa shape index (κ1) is 29.3. The molecule has 6 nitrogen and oxygen atoms in total. The predicted molar refractivity (Wildman–Crippen MR) is 123 cm³/mol. The topological polar surface area (TPSA) is 87.8 Å². The van der Waals surface area contributed by atoms with Crippen LogP contribution in [0.4, 0.5) is 41.2 Å². The Balaban J connectivity index is 1.39. The second-order valence-electron chi connectivity index (χ2n) is 11.5. The standard InChI is InChI=1S/C26H30F7NO5/c1-14-5-18(6-15(2)19(14)34)38-21(36)39-23-10-16-7-17(11-23)9-22(8-16,12-23)20(35)37-4-3-24(27,28)13-25(29,30)26(31,32)33/h5-6,16-17H,3-4,7-13,34H2,1-2H3. The largest absolute Gasteiger partial charge is 0.514 e. The van der Waals surface area contributed by atoms with E-state index in [4.69, 9.17) is 19.9 Å². The van der Waals surface area contributed by atoms with E-state index >= 15 is 0 Å². The molecule has 4 aliphatic carbocycles. The van der Waals surface area contributed by atoms with Crippen molar-refractivity contribution in [1.29, 1.82) is 0 Å². The molecule has 4 bridgehead atoms. The molecule has 2 atom stereocenters. The third-order valence-electron chi connectivity index (χ3n) is 8.11. The molecular weight excluding hydrogens is 539 g/mol. The summed E-state index contributed by atoms with van der Waals surface area (Å²) in [5.74, 6) is -10.6. The number of hydrogen-bond donors (Lipinski definition) is 1. The maximum atomic E-state index is 13.9. The molecule has 4 aliphatic rings. The number of esters is 1. The van der Waals surface area contributed by atoms with Gasteiger partial charge in [-0.3, -0.25) is 4.79 Å². The van der Waals surface area contributed by atoms with Crippen molar-refractivity contribution in [2.75, 3.05) is 12.3 Å². The summed E-state index contributed by atoms with van der Waals surface area (Å²) in [7, 11) is 0. The molecule has 5 rings (SSSR count). The molecule has 39 heavy (non-hydrogen) atoms. The molecule has 218 valence electrons. The molecule has 0 saturated heterocycles. The van der Waals surface area contributed by atoms with Crippen molar-refractivity contribution >= 4 is 17.8 Å². The van der Waals surface area contributed by atoms with Crippen molar-refractivity contribution in [1.82, 2.24) is 0 Å². The summed E-state index contributed by atoms with van der Waals surface area (Å²) in [6.07, 6.45) is -8.72. The number of ether oxygens (including phenoxy) is 3. The van der Waals surface area contributed by atoms with Crippen LogP contribution in [0, 0.1) is 31.1 Å². The van der Waals surface area contributed by atoms with Gasteiger partial charge in [0.1, 0.15) is 11.4 Å². The van der Waals surface area contributed by atoms with E-state index in [0.717, 1.165) is 6.42 Å². The van der Waals surface area contributed by atoms with Crippen LogP contribution in [0.1, 0.15) is 62.5 Å². The third kappa shape index (κ3) is 6.06. The lowest BCUT2D eigenvalue weighted by Crippen LogP contribution is -2.60. The maximum Gasteiger partial charge on any atom is 0.514 e. The fourth-order valence-corrected chi connectivity index (χ4v) is 6.78. The van der Waals surface area contributed by atoms with Gasteiger partial charge in [-0.1, -0.05) is 0 Å². The van der Waals surface area contributed by atoms with Crippen molar-refractivity contribution in [2.45, 2.75) is 88.8 Å². The molecule has 4 fully saturated rings. The van der Waals surface area contributed by atoms with E-state index in [1.165, 1.54) is 0 Å². The first-order valence-corrected chi connectivity index (χ1v) is 12.6. The molecule has 0 aromatic heterocycles. The Labute approximate surface area is 220 Å². The van der Waals surface area contributed by atoms with Crippen LogP contribution in [0.2, 0.25) is 0 Å². The number of nitrogen functional groups attached to an aromatic ring is 1. The number of alkyl halides is 7. The Kier molecular flexibility index (Phi) is 7.29. The van der Waals surface area contributed by atoms with Crippen LogP contribution in [0.15, 0.2) is 12.1 Å². The molecule has 2 unspecified atom stereocenters. The van der Waals surface area contributed by atoms with Gasteiger partial charge in [-0.15, -0.1) is 0 Å². The van der Waals surface area contributed by atoms with E-state index in [1.54, 1.807) is 26.0 Å². The molecule has 0 spiro atoms. The van der Waals surface area contributed by atoms with E-state index < -0.39 is 60.6 Å². The number of benzene rings is 1. The molecule has 1 aromatic rings. The van der Waals surface area contributed by atoms with Crippen LogP contribution in [-0.4, -0.2) is 42.4 Å². The van der Waals surface area contributed by atoms with Gasteiger partial charge in [-0.05, 0) is 81.0 Å². The van der Waals surface area contributed by atoms with Gasteiger partial charge < -0.3 is 19.9 Å². The number of rotatable bonds is 8. The summed E-state index contributed by atoms with van der Waals surface area (Å²) in [6.45, 7) is 2.49. The van der Waals surface area contributed by atoms with E-state index in [9.17, 15) is 40.3 Å². The Morgan fingerprint density at radius 3 is 2.08 bits per heavy atom. The number of carbonyl (C=O) groups excluding carboxylic acids is 2. The molecule has 0 heterocycles. The van der Waals surface area contributed by atoms with Crippen molar-refractivity contribution in [2.24, 2.45) is 17.3 Å². The minimum absolute atomic E-state index is 0.000434. The maximum absolute atomic E-state index is 13.9. The highest BCUT2D eigenvalue weighted by atomic mass is 19.4. The molecular formula is C26H30F7NO5. The van der Waals surface area contributed by atoms with Crippen molar-refractivity contribution in [3.63, 3.8) is 0 Å². The zero-order valence-electron chi connectivity index (χ0n) is 21.4. The minimum Gasteiger partial charge on any atom is -0.465 e. The van der Waals surface area contributed by atoms with Crippen molar-refractivity contribution < 1.29 is 54.5 Å². The van der Waals surface area contributed by atoms with Crippen LogP contribution >= 0.6 is 0 Å². The van der Waals surface area contributed by atoms with Gasteiger partial charge in [0.25, 0.3) is 5.92 Å². The predicted octanol–water partition coefficient (Wildman–Crippen LogP) is 6.90. The van der Waals surface area contributed by atoms with Crippen LogP contribution < -0.4 is 10.5 Å². The molecule has 0 amide bonds. The summed E-state index contributed by atoms with van der Waals surface area (Å²) in [5, 5.41) is 0. The van der Waals surface area contributed by atoms with Crippen molar-refractivity contribution in [3.05, 3.63) is 23.3 Å². The summed E-state index contributed by atoms with van der Waals surface area (Å²) < 4.78 is 107. The molecule has 0 aliphatic heterocycles. The van der Waals surface area contributed by atoms with E-state index in [2.05, 4.69) is 0 Å². The van der Waals surface area contributed by atoms with Gasteiger partial charge in [0.15, 0.2) is 0 Å². The molecule has 4 saturated carbocycles. The highest BCUT2D eigenvalue weighted by Gasteiger charge is 2.64. The first-order valence-electron chi connectivity index (χ1n) is 12.6. The summed E-state index contributed by atoms with van der Waals surface area (Å²) in [5.41, 5.74) is 5.74. The van der Waals surface area contributed by atoms with Crippen LogP contribution in [0.25, 0.3) is 0 Å². The van der Waals surface area contributed by atoms with Gasteiger partial charge in [0.05, 0.1) is 18.4 Å². The number of nitrogens with two attached hydrogens (primary N) is 1. The average Bonchev–Trinajstić information content (AvgIpc) is 2.74. The second kappa shape index (κ2) is 9.72. The Hall–Kier alpha value is -2.73. The lowest BCUT2D eigenvalue weighted by molar-refractivity contribution is -0.301. The summed E-state index contributed by atoms with van der Waals surface area (Å²) >= 11 is 0. The first-order chi connectivity index (χ1) is 17.8. The van der Waals surface area contributed by atoms with Crippen LogP contribution in [-0.2, 0) is 14.3 Å². The van der Waals surface area contributed by atoms with E-state index in [0.29, 0.717) is 42.5 Å². The van der Waals surface area contributed by atoms with Gasteiger partial charge in [0, 0.05) is 18.5 Å². The molecule has 2 N–H and O–H groups in total. The highest BCUT2D eigenvalue weighted by Crippen LogP contribution is 2.63. The van der Waals surface area contributed by atoms with Crippen molar-refractivity contribution in [3.8, 4) is 5.75 Å². The number of anilines is 1. The summed E-state index contributed by atoms with van der Waals surface area (Å²) in [6, 6.07) is 3.17. The number of carbonyl (C=O) groups is 2. The number of hydrogen-bond acceptors (Lipinski definition) is 6. The van der Waals surface area contributed by atoms with Crippen LogP contribution in [0.5, 0.6) is 5.75 Å². The third-order valence-corrected chi connectivity index (χ3v) is 8.11. The average molecular weight is 570 g/mol. The Morgan fingerprint density at radius 1 is 0.974 bits per heavy atom. The second-order valence-corrected chi connectivity index (χ2v) is 11.5. The van der Waals surface area contributed by atoms with E-state index in [-0.39, 0.29) is 24.0 Å². The fraction of sp³-hybridized carbons (Fsp3) is 0.692. The lowest BCUT2D eigenvalue weighted by Gasteiger charge is -2.59. The quantitative estimate of drug-likeness (QED) is 0.159.